The van der Waals surface area contributed by atoms with Crippen LogP contribution in [0.2, 0.25) is 0 Å². The van der Waals surface area contributed by atoms with Crippen molar-refractivity contribution in [2.45, 2.75) is 37.8 Å². The van der Waals surface area contributed by atoms with Crippen LogP contribution >= 0.6 is 24.8 Å². The Hall–Kier alpha value is -0.860. The molecule has 0 spiro atoms. The third kappa shape index (κ3) is 7.23. The van der Waals surface area contributed by atoms with Crippen molar-refractivity contribution in [2.24, 2.45) is 0 Å². The minimum absolute atomic E-state index is 0. The SMILES string of the molecule is Cl.Cl.O=C=C(OC1CCNCC1)C(=O)ON1CCN(C2CCNCC2)CC1. The lowest BCUT2D eigenvalue weighted by atomic mass is 10.0. The van der Waals surface area contributed by atoms with Gasteiger partial charge in [0.25, 0.3) is 5.76 Å². The van der Waals surface area contributed by atoms with Crippen LogP contribution in [0.3, 0.4) is 0 Å². The summed E-state index contributed by atoms with van der Waals surface area (Å²) in [7, 11) is 0. The Bertz CT molecular complexity index is 499. The van der Waals surface area contributed by atoms with Gasteiger partial charge in [0.15, 0.2) is 5.94 Å². The summed E-state index contributed by atoms with van der Waals surface area (Å²) in [6.45, 7) is 6.82. The lowest BCUT2D eigenvalue weighted by Gasteiger charge is -2.39. The van der Waals surface area contributed by atoms with Gasteiger partial charge in [0, 0.05) is 32.2 Å². The average Bonchev–Trinajstić information content (AvgIpc) is 2.68. The predicted molar refractivity (Wildman–Crippen MR) is 106 cm³/mol. The molecule has 0 radical (unpaired) electrons. The van der Waals surface area contributed by atoms with Crippen LogP contribution in [0.15, 0.2) is 5.76 Å². The van der Waals surface area contributed by atoms with Crippen molar-refractivity contribution in [3.8, 4) is 0 Å². The van der Waals surface area contributed by atoms with E-state index in [4.69, 9.17) is 9.57 Å². The van der Waals surface area contributed by atoms with Gasteiger partial charge in [0.2, 0.25) is 0 Å². The standard InChI is InChI=1S/C17H28N4O4.2ClH/c22-13-16(24-15-3-7-19-8-4-15)17(23)25-21-11-9-20(10-12-21)14-1-5-18-6-2-14;;/h14-15,18-19H,1-12H2;2*1H. The van der Waals surface area contributed by atoms with Crippen LogP contribution in [0.1, 0.15) is 25.7 Å². The number of rotatable bonds is 5. The molecule has 3 fully saturated rings. The Morgan fingerprint density at radius 2 is 1.44 bits per heavy atom. The maximum Gasteiger partial charge on any atom is 0.404 e. The maximum atomic E-state index is 12.2. The minimum atomic E-state index is -0.733. The van der Waals surface area contributed by atoms with Gasteiger partial charge in [-0.05, 0) is 51.9 Å². The van der Waals surface area contributed by atoms with E-state index < -0.39 is 5.97 Å². The molecule has 3 heterocycles. The average molecular weight is 425 g/mol. The zero-order valence-electron chi connectivity index (χ0n) is 15.5. The number of hydroxylamine groups is 2. The third-order valence-corrected chi connectivity index (χ3v) is 5.16. The van der Waals surface area contributed by atoms with Gasteiger partial charge in [-0.15, -0.1) is 29.9 Å². The van der Waals surface area contributed by atoms with Gasteiger partial charge in [-0.2, -0.15) is 0 Å². The molecule has 3 rings (SSSR count). The highest BCUT2D eigenvalue weighted by atomic mass is 35.5. The van der Waals surface area contributed by atoms with E-state index >= 15 is 0 Å². The summed E-state index contributed by atoms with van der Waals surface area (Å²) in [6.07, 6.45) is 3.76. The number of halogens is 2. The van der Waals surface area contributed by atoms with E-state index in [0.29, 0.717) is 19.1 Å². The quantitative estimate of drug-likeness (QED) is 0.366. The molecular formula is C17H30Cl2N4O4. The second kappa shape index (κ2) is 12.6. The number of piperidine rings is 2. The van der Waals surface area contributed by atoms with Gasteiger partial charge >= 0.3 is 5.97 Å². The molecule has 27 heavy (non-hydrogen) atoms. The Morgan fingerprint density at radius 3 is 2.00 bits per heavy atom. The number of hydrogen-bond donors (Lipinski definition) is 2. The van der Waals surface area contributed by atoms with E-state index in [-0.39, 0.29) is 36.7 Å². The van der Waals surface area contributed by atoms with Gasteiger partial charge in [-0.1, -0.05) is 0 Å². The third-order valence-electron chi connectivity index (χ3n) is 5.16. The summed E-state index contributed by atoms with van der Waals surface area (Å²) in [6, 6.07) is 0.618. The highest BCUT2D eigenvalue weighted by Gasteiger charge is 2.29. The Labute approximate surface area is 172 Å². The predicted octanol–water partition coefficient (Wildman–Crippen LogP) is 0.142. The van der Waals surface area contributed by atoms with Crippen LogP contribution < -0.4 is 10.6 Å². The molecule has 0 bridgehead atoms. The van der Waals surface area contributed by atoms with E-state index in [1.165, 1.54) is 12.8 Å². The number of carbonyl (C=O) groups is 1. The zero-order valence-corrected chi connectivity index (χ0v) is 17.1. The summed E-state index contributed by atoms with van der Waals surface area (Å²) >= 11 is 0. The molecule has 0 aliphatic carbocycles. The first-order valence-electron chi connectivity index (χ1n) is 9.31. The first kappa shape index (κ1) is 24.2. The highest BCUT2D eigenvalue weighted by Crippen LogP contribution is 2.16. The summed E-state index contributed by atoms with van der Waals surface area (Å²) < 4.78 is 5.49. The Balaban J connectivity index is 0.00000182. The fraction of sp³-hybridized carbons (Fsp3) is 0.824. The van der Waals surface area contributed by atoms with Crippen molar-refractivity contribution >= 4 is 36.7 Å². The van der Waals surface area contributed by atoms with Crippen molar-refractivity contribution in [3.05, 3.63) is 5.76 Å². The number of nitrogens with zero attached hydrogens (tertiary/aromatic N) is 2. The van der Waals surface area contributed by atoms with Crippen molar-refractivity contribution in [3.63, 3.8) is 0 Å². The first-order chi connectivity index (χ1) is 12.3. The molecule has 0 aromatic heterocycles. The second-order valence-corrected chi connectivity index (χ2v) is 6.82. The lowest BCUT2D eigenvalue weighted by molar-refractivity contribution is -0.198. The molecule has 3 aliphatic heterocycles. The van der Waals surface area contributed by atoms with Crippen LogP contribution in [0.25, 0.3) is 0 Å². The van der Waals surface area contributed by atoms with Crippen LogP contribution in [-0.4, -0.2) is 86.4 Å². The van der Waals surface area contributed by atoms with E-state index in [1.807, 2.05) is 0 Å². The first-order valence-corrected chi connectivity index (χ1v) is 9.31. The van der Waals surface area contributed by atoms with E-state index in [2.05, 4.69) is 15.5 Å². The van der Waals surface area contributed by atoms with Gasteiger partial charge in [0.05, 0.1) is 0 Å². The molecule has 2 N–H and O–H groups in total. The molecule has 156 valence electrons. The minimum Gasteiger partial charge on any atom is -0.475 e. The summed E-state index contributed by atoms with van der Waals surface area (Å²) in [5.41, 5.74) is 0. The van der Waals surface area contributed by atoms with Crippen LogP contribution in [0, 0.1) is 0 Å². The van der Waals surface area contributed by atoms with Gasteiger partial charge < -0.3 is 20.2 Å². The highest BCUT2D eigenvalue weighted by molar-refractivity contribution is 5.94. The number of hydrogen-bond acceptors (Lipinski definition) is 8. The molecule has 3 aliphatic rings. The van der Waals surface area contributed by atoms with E-state index in [0.717, 1.165) is 52.1 Å². The lowest BCUT2D eigenvalue weighted by Crippen LogP contribution is -2.53. The number of piperazine rings is 1. The van der Waals surface area contributed by atoms with E-state index in [1.54, 1.807) is 11.0 Å². The molecule has 0 unspecified atom stereocenters. The zero-order chi connectivity index (χ0) is 17.5. The maximum absolute atomic E-state index is 12.2. The van der Waals surface area contributed by atoms with Crippen molar-refractivity contribution in [2.75, 3.05) is 52.4 Å². The van der Waals surface area contributed by atoms with Crippen LogP contribution in [-0.2, 0) is 19.2 Å². The summed E-state index contributed by atoms with van der Waals surface area (Å²) in [5, 5.41) is 8.22. The number of carbonyl (C=O) groups excluding carboxylic acids is 2. The fourth-order valence-electron chi connectivity index (χ4n) is 3.68. The summed E-state index contributed by atoms with van der Waals surface area (Å²) in [5.74, 6) is 0.532. The molecule has 0 saturated carbocycles. The summed E-state index contributed by atoms with van der Waals surface area (Å²) in [4.78, 5) is 31.1. The molecule has 0 amide bonds. The molecule has 0 aromatic carbocycles. The van der Waals surface area contributed by atoms with Gasteiger partial charge in [-0.25, -0.2) is 9.59 Å². The largest absolute Gasteiger partial charge is 0.475 e. The van der Waals surface area contributed by atoms with E-state index in [9.17, 15) is 9.59 Å². The topological polar surface area (TPSA) is 83.1 Å². The smallest absolute Gasteiger partial charge is 0.404 e. The molecule has 0 aromatic rings. The normalized spacial score (nSPS) is 22.7. The van der Waals surface area contributed by atoms with Crippen LogP contribution in [0.5, 0.6) is 0 Å². The Kier molecular flexibility index (Phi) is 11.3. The Morgan fingerprint density at radius 1 is 0.889 bits per heavy atom. The molecule has 10 heteroatoms. The number of nitrogens with one attached hydrogen (secondary N) is 2. The number of ether oxygens (including phenoxy) is 1. The molecule has 8 nitrogen and oxygen atoms in total. The second-order valence-electron chi connectivity index (χ2n) is 6.82. The van der Waals surface area contributed by atoms with Crippen LogP contribution in [0.4, 0.5) is 0 Å². The van der Waals surface area contributed by atoms with Crippen molar-refractivity contribution < 1.29 is 19.2 Å². The fourth-order valence-corrected chi connectivity index (χ4v) is 3.68. The monoisotopic (exact) mass is 424 g/mol. The molecular weight excluding hydrogens is 395 g/mol. The van der Waals surface area contributed by atoms with Gasteiger partial charge in [-0.3, -0.25) is 4.90 Å². The van der Waals surface area contributed by atoms with Crippen molar-refractivity contribution in [1.29, 1.82) is 0 Å². The van der Waals surface area contributed by atoms with Gasteiger partial charge in [0.1, 0.15) is 6.10 Å². The molecule has 0 atom stereocenters. The molecule has 3 saturated heterocycles. The van der Waals surface area contributed by atoms with Crippen molar-refractivity contribution in [1.82, 2.24) is 20.6 Å².